The van der Waals surface area contributed by atoms with Gasteiger partial charge in [-0.25, -0.2) is 0 Å². The molecule has 1 saturated heterocycles. The lowest BCUT2D eigenvalue weighted by atomic mass is 9.74. The van der Waals surface area contributed by atoms with Crippen molar-refractivity contribution in [1.82, 2.24) is 0 Å². The zero-order valence-electron chi connectivity index (χ0n) is 18.1. The zero-order valence-corrected chi connectivity index (χ0v) is 18.1. The average molecular weight is 395 g/mol. The second-order valence-corrected chi connectivity index (χ2v) is 10.1. The maximum absolute atomic E-state index is 12.5. The maximum atomic E-state index is 12.5. The van der Waals surface area contributed by atoms with E-state index in [-0.39, 0.29) is 41.9 Å². The zero-order chi connectivity index (χ0) is 20.6. The highest BCUT2D eigenvalue weighted by molar-refractivity contribution is 5.72. The molecule has 2 aliphatic carbocycles. The van der Waals surface area contributed by atoms with Crippen LogP contribution in [0.5, 0.6) is 0 Å². The number of aliphatic hydroxyl groups excluding tert-OH is 1. The van der Waals surface area contributed by atoms with E-state index in [1.165, 1.54) is 0 Å². The average Bonchev–Trinajstić information content (AvgIpc) is 3.00. The third kappa shape index (κ3) is 4.10. The van der Waals surface area contributed by atoms with Crippen LogP contribution in [0, 0.1) is 35.0 Å². The molecule has 0 spiro atoms. The lowest BCUT2D eigenvalue weighted by molar-refractivity contribution is -0.162. The Morgan fingerprint density at radius 2 is 2.04 bits per heavy atom. The maximum Gasteiger partial charge on any atom is 0.308 e. The number of fused-ring (bicyclic) bond motifs is 1. The summed E-state index contributed by atoms with van der Waals surface area (Å²) in [7, 11) is 0. The van der Waals surface area contributed by atoms with Crippen LogP contribution in [0.3, 0.4) is 0 Å². The van der Waals surface area contributed by atoms with Crippen LogP contribution >= 0.6 is 0 Å². The van der Waals surface area contributed by atoms with Crippen molar-refractivity contribution in [1.29, 1.82) is 0 Å². The van der Waals surface area contributed by atoms with E-state index in [4.69, 9.17) is 9.47 Å². The van der Waals surface area contributed by atoms with Gasteiger partial charge in [-0.1, -0.05) is 34.6 Å². The molecule has 28 heavy (non-hydrogen) atoms. The predicted molar refractivity (Wildman–Crippen MR) is 106 cm³/mol. The number of cyclic esters (lactones) is 1. The molecule has 1 unspecified atom stereocenters. The molecular weight excluding hydrogens is 356 g/mol. The monoisotopic (exact) mass is 394 g/mol. The Morgan fingerprint density at radius 1 is 1.32 bits per heavy atom. The molecule has 0 amide bonds. The van der Waals surface area contributed by atoms with Crippen LogP contribution in [0.2, 0.25) is 0 Å². The molecule has 0 aromatic heterocycles. The summed E-state index contributed by atoms with van der Waals surface area (Å²) >= 11 is 0. The topological polar surface area (TPSA) is 72.8 Å². The van der Waals surface area contributed by atoms with Gasteiger partial charge in [-0.05, 0) is 55.3 Å². The molecule has 3 rings (SSSR count). The fourth-order valence-electron chi connectivity index (χ4n) is 6.25. The van der Waals surface area contributed by atoms with Crippen LogP contribution in [0.4, 0.5) is 0 Å². The van der Waals surface area contributed by atoms with Crippen LogP contribution in [-0.4, -0.2) is 35.4 Å². The van der Waals surface area contributed by atoms with Crippen molar-refractivity contribution < 1.29 is 24.2 Å². The van der Waals surface area contributed by atoms with Crippen LogP contribution in [0.15, 0.2) is 0 Å². The van der Waals surface area contributed by atoms with Gasteiger partial charge in [0.15, 0.2) is 0 Å². The van der Waals surface area contributed by atoms with Crippen molar-refractivity contribution in [3.63, 3.8) is 0 Å². The number of rotatable bonds is 6. The van der Waals surface area contributed by atoms with Crippen molar-refractivity contribution in [2.45, 2.75) is 97.9 Å². The number of carbonyl (C=O) groups is 2. The molecule has 5 nitrogen and oxygen atoms in total. The highest BCUT2D eigenvalue weighted by Gasteiger charge is 2.60. The summed E-state index contributed by atoms with van der Waals surface area (Å²) in [5, 5.41) is 9.88. The van der Waals surface area contributed by atoms with Gasteiger partial charge < -0.3 is 14.6 Å². The molecule has 0 aromatic carbocycles. The van der Waals surface area contributed by atoms with Crippen molar-refractivity contribution in [2.24, 2.45) is 35.0 Å². The summed E-state index contributed by atoms with van der Waals surface area (Å²) < 4.78 is 11.5. The van der Waals surface area contributed by atoms with E-state index in [1.807, 2.05) is 13.8 Å². The normalized spacial score (nSPS) is 44.1. The molecule has 0 radical (unpaired) electrons. The van der Waals surface area contributed by atoms with Crippen molar-refractivity contribution in [2.75, 3.05) is 0 Å². The SMILES string of the molecule is CC[C@H](C)C(=O)O[C@H]1C[C@@H](C)C2(C)C[C@H](C)[C@H](CC[C@@H]3C[C@@H](O)CC(=O)O3)[C@@H]12. The Balaban J connectivity index is 1.69. The first kappa shape index (κ1) is 21.6. The Hall–Kier alpha value is -1.10. The van der Waals surface area contributed by atoms with Gasteiger partial charge in [0.2, 0.25) is 0 Å². The van der Waals surface area contributed by atoms with Gasteiger partial charge in [-0.15, -0.1) is 0 Å². The molecule has 0 bridgehead atoms. The van der Waals surface area contributed by atoms with Crippen molar-refractivity contribution >= 4 is 11.9 Å². The molecule has 3 aliphatic rings. The molecule has 1 aliphatic heterocycles. The quantitative estimate of drug-likeness (QED) is 0.687. The highest BCUT2D eigenvalue weighted by atomic mass is 16.6. The number of hydrogen-bond acceptors (Lipinski definition) is 5. The van der Waals surface area contributed by atoms with E-state index in [1.54, 1.807) is 0 Å². The van der Waals surface area contributed by atoms with Crippen LogP contribution in [0.1, 0.15) is 79.6 Å². The fraction of sp³-hybridized carbons (Fsp3) is 0.913. The molecule has 2 saturated carbocycles. The Bertz CT molecular complexity index is 590. The van der Waals surface area contributed by atoms with Gasteiger partial charge in [0.05, 0.1) is 18.4 Å². The van der Waals surface area contributed by atoms with Crippen LogP contribution in [-0.2, 0) is 19.1 Å². The summed E-state index contributed by atoms with van der Waals surface area (Å²) in [6.07, 6.45) is 4.54. The number of esters is 2. The number of carbonyl (C=O) groups excluding carboxylic acids is 2. The van der Waals surface area contributed by atoms with Crippen molar-refractivity contribution in [3.8, 4) is 0 Å². The minimum absolute atomic E-state index is 0.00375. The van der Waals surface area contributed by atoms with E-state index in [2.05, 4.69) is 20.8 Å². The molecular formula is C23H38O5. The summed E-state index contributed by atoms with van der Waals surface area (Å²) in [5.74, 6) is 1.52. The van der Waals surface area contributed by atoms with E-state index in [0.29, 0.717) is 30.1 Å². The van der Waals surface area contributed by atoms with Gasteiger partial charge in [0.1, 0.15) is 12.2 Å². The molecule has 9 atom stereocenters. The third-order valence-electron chi connectivity index (χ3n) is 8.17. The van der Waals surface area contributed by atoms with E-state index in [0.717, 1.165) is 32.1 Å². The molecule has 1 N–H and O–H groups in total. The number of aliphatic hydroxyl groups is 1. The van der Waals surface area contributed by atoms with Gasteiger partial charge in [0.25, 0.3) is 0 Å². The first-order chi connectivity index (χ1) is 13.2. The van der Waals surface area contributed by atoms with Gasteiger partial charge >= 0.3 is 11.9 Å². The fourth-order valence-corrected chi connectivity index (χ4v) is 6.25. The molecule has 3 fully saturated rings. The van der Waals surface area contributed by atoms with Gasteiger partial charge in [-0.3, -0.25) is 9.59 Å². The minimum atomic E-state index is -0.576. The van der Waals surface area contributed by atoms with Crippen LogP contribution < -0.4 is 0 Å². The lowest BCUT2D eigenvalue weighted by Gasteiger charge is -2.34. The smallest absolute Gasteiger partial charge is 0.308 e. The molecule has 160 valence electrons. The number of ether oxygens (including phenoxy) is 2. The van der Waals surface area contributed by atoms with E-state index >= 15 is 0 Å². The Morgan fingerprint density at radius 3 is 2.68 bits per heavy atom. The Kier molecular flexibility index (Phi) is 6.43. The third-order valence-corrected chi connectivity index (χ3v) is 8.17. The number of hydrogen-bond donors (Lipinski definition) is 1. The molecule has 1 heterocycles. The summed E-state index contributed by atoms with van der Waals surface area (Å²) in [6, 6.07) is 0. The van der Waals surface area contributed by atoms with E-state index in [9.17, 15) is 14.7 Å². The van der Waals surface area contributed by atoms with Gasteiger partial charge in [0, 0.05) is 12.3 Å². The summed E-state index contributed by atoms with van der Waals surface area (Å²) in [4.78, 5) is 24.1. The first-order valence-corrected chi connectivity index (χ1v) is 11.2. The largest absolute Gasteiger partial charge is 0.462 e. The predicted octanol–water partition coefficient (Wildman–Crippen LogP) is 4.11. The van der Waals surface area contributed by atoms with Crippen LogP contribution in [0.25, 0.3) is 0 Å². The Labute approximate surface area is 169 Å². The van der Waals surface area contributed by atoms with E-state index < -0.39 is 6.10 Å². The lowest BCUT2D eigenvalue weighted by Crippen LogP contribution is -2.35. The second kappa shape index (κ2) is 8.33. The highest BCUT2D eigenvalue weighted by Crippen LogP contribution is 2.63. The summed E-state index contributed by atoms with van der Waals surface area (Å²) in [5.41, 5.74) is 0.202. The summed E-state index contributed by atoms with van der Waals surface area (Å²) in [6.45, 7) is 11.0. The second-order valence-electron chi connectivity index (χ2n) is 10.1. The molecule has 0 aromatic rings. The van der Waals surface area contributed by atoms with Crippen molar-refractivity contribution in [3.05, 3.63) is 0 Å². The first-order valence-electron chi connectivity index (χ1n) is 11.2. The standard InChI is InChI=1S/C23H38O5/c1-6-13(2)22(26)28-19-9-15(4)23(5)12-14(3)18(21(19)23)8-7-17-10-16(24)11-20(25)27-17/h13-19,21,24H,6-12H2,1-5H3/t13-,14-,15+,16+,17+,18-,19-,21-,23?/m0/s1. The minimum Gasteiger partial charge on any atom is -0.462 e. The van der Waals surface area contributed by atoms with Gasteiger partial charge in [-0.2, -0.15) is 0 Å². The molecule has 5 heteroatoms.